The fraction of sp³-hybridized carbons (Fsp3) is 0.348. The third kappa shape index (κ3) is 4.91. The Morgan fingerprint density at radius 3 is 2.51 bits per heavy atom. The molecule has 3 aromatic rings. The lowest BCUT2D eigenvalue weighted by Gasteiger charge is -2.19. The van der Waals surface area contributed by atoms with Gasteiger partial charge in [-0.3, -0.25) is 18.9 Å². The Hall–Kier alpha value is -3.32. The molecular formula is C23H22F3N3O6. The molecule has 0 spiro atoms. The van der Waals surface area contributed by atoms with Gasteiger partial charge in [-0.05, 0) is 35.7 Å². The lowest BCUT2D eigenvalue weighted by atomic mass is 9.99. The van der Waals surface area contributed by atoms with E-state index in [9.17, 15) is 33.0 Å². The van der Waals surface area contributed by atoms with Crippen LogP contribution in [0.5, 0.6) is 0 Å². The molecule has 1 aliphatic rings. The molecule has 186 valence electrons. The fourth-order valence-electron chi connectivity index (χ4n) is 4.07. The minimum atomic E-state index is -4.58. The van der Waals surface area contributed by atoms with Crippen LogP contribution in [-0.4, -0.2) is 54.4 Å². The van der Waals surface area contributed by atoms with E-state index in [1.165, 1.54) is 36.5 Å². The zero-order chi connectivity index (χ0) is 25.3. The molecule has 0 bridgehead atoms. The Balaban J connectivity index is 1.68. The van der Waals surface area contributed by atoms with Gasteiger partial charge in [0.2, 0.25) is 0 Å². The highest BCUT2D eigenvalue weighted by molar-refractivity contribution is 5.68. The van der Waals surface area contributed by atoms with E-state index in [0.717, 1.165) is 27.5 Å². The first kappa shape index (κ1) is 24.8. The van der Waals surface area contributed by atoms with E-state index in [2.05, 4.69) is 4.98 Å². The summed E-state index contributed by atoms with van der Waals surface area (Å²) in [6.07, 6.45) is -7.22. The van der Waals surface area contributed by atoms with Gasteiger partial charge in [0.15, 0.2) is 6.23 Å². The monoisotopic (exact) mass is 493 g/mol. The molecule has 0 saturated carbocycles. The van der Waals surface area contributed by atoms with Gasteiger partial charge in [0.25, 0.3) is 5.56 Å². The number of aliphatic hydroxyl groups excluding tert-OH is 3. The fourth-order valence-corrected chi connectivity index (χ4v) is 4.07. The third-order valence-corrected chi connectivity index (χ3v) is 5.80. The highest BCUT2D eigenvalue weighted by atomic mass is 19.4. The number of aliphatic hydroxyl groups is 3. The highest BCUT2D eigenvalue weighted by Crippen LogP contribution is 2.37. The number of halogens is 3. The second-order valence-electron chi connectivity index (χ2n) is 8.07. The van der Waals surface area contributed by atoms with Crippen molar-refractivity contribution in [1.82, 2.24) is 14.1 Å². The number of pyridine rings is 1. The van der Waals surface area contributed by atoms with Crippen LogP contribution in [0.4, 0.5) is 13.2 Å². The molecule has 9 nitrogen and oxygen atoms in total. The first-order valence-corrected chi connectivity index (χ1v) is 10.7. The summed E-state index contributed by atoms with van der Waals surface area (Å²) >= 11 is 0. The molecule has 1 fully saturated rings. The number of rotatable bonds is 6. The van der Waals surface area contributed by atoms with Crippen molar-refractivity contribution in [3.8, 4) is 11.1 Å². The molecule has 4 unspecified atom stereocenters. The van der Waals surface area contributed by atoms with Crippen molar-refractivity contribution >= 4 is 0 Å². The summed E-state index contributed by atoms with van der Waals surface area (Å²) in [5.74, 6) is 0. The second kappa shape index (κ2) is 9.74. The first-order chi connectivity index (χ1) is 16.6. The SMILES string of the molecule is O=c1ccn(C2OC(CCO)C(O)C2O)c(=O)n1Cc1cc(-c2ccccc2C(F)(F)F)ccn1. The van der Waals surface area contributed by atoms with Gasteiger partial charge in [-0.2, -0.15) is 13.2 Å². The Morgan fingerprint density at radius 1 is 1.06 bits per heavy atom. The predicted octanol–water partition coefficient (Wildman–Crippen LogP) is 1.14. The van der Waals surface area contributed by atoms with Crippen LogP contribution in [0, 0.1) is 0 Å². The van der Waals surface area contributed by atoms with Gasteiger partial charge in [-0.15, -0.1) is 0 Å². The van der Waals surface area contributed by atoms with E-state index >= 15 is 0 Å². The second-order valence-corrected chi connectivity index (χ2v) is 8.07. The van der Waals surface area contributed by atoms with Crippen molar-refractivity contribution in [3.05, 3.63) is 87.0 Å². The maximum Gasteiger partial charge on any atom is 0.417 e. The smallest absolute Gasteiger partial charge is 0.396 e. The van der Waals surface area contributed by atoms with E-state index < -0.39 is 47.5 Å². The molecule has 3 N–H and O–H groups in total. The van der Waals surface area contributed by atoms with E-state index in [0.29, 0.717) is 0 Å². The number of nitrogens with zero attached hydrogens (tertiary/aromatic N) is 3. The van der Waals surface area contributed by atoms with Crippen molar-refractivity contribution in [2.24, 2.45) is 0 Å². The predicted molar refractivity (Wildman–Crippen MR) is 116 cm³/mol. The number of alkyl halides is 3. The van der Waals surface area contributed by atoms with E-state index in [-0.39, 0.29) is 36.4 Å². The van der Waals surface area contributed by atoms with Gasteiger partial charge in [-0.25, -0.2) is 4.79 Å². The maximum absolute atomic E-state index is 13.4. The van der Waals surface area contributed by atoms with Gasteiger partial charge < -0.3 is 20.1 Å². The number of hydrogen-bond donors (Lipinski definition) is 3. The first-order valence-electron chi connectivity index (χ1n) is 10.7. The molecule has 1 aromatic carbocycles. The molecule has 0 radical (unpaired) electrons. The molecule has 0 amide bonds. The molecule has 3 heterocycles. The molecular weight excluding hydrogens is 471 g/mol. The molecule has 1 aliphatic heterocycles. The third-order valence-electron chi connectivity index (χ3n) is 5.80. The number of hydrogen-bond acceptors (Lipinski definition) is 7. The molecule has 1 saturated heterocycles. The van der Waals surface area contributed by atoms with Crippen LogP contribution in [0.1, 0.15) is 23.9 Å². The lowest BCUT2D eigenvalue weighted by Crippen LogP contribution is -2.43. The minimum Gasteiger partial charge on any atom is -0.396 e. The molecule has 12 heteroatoms. The number of aromatic nitrogens is 3. The van der Waals surface area contributed by atoms with Crippen LogP contribution in [-0.2, 0) is 17.5 Å². The molecule has 2 aromatic heterocycles. The Morgan fingerprint density at radius 2 is 1.80 bits per heavy atom. The summed E-state index contributed by atoms with van der Waals surface area (Å²) < 4.78 is 47.6. The van der Waals surface area contributed by atoms with Gasteiger partial charge in [0, 0.05) is 25.1 Å². The Bertz CT molecular complexity index is 1320. The van der Waals surface area contributed by atoms with Crippen LogP contribution >= 0.6 is 0 Å². The zero-order valence-electron chi connectivity index (χ0n) is 18.2. The minimum absolute atomic E-state index is 0.0270. The lowest BCUT2D eigenvalue weighted by molar-refractivity contribution is -0.137. The van der Waals surface area contributed by atoms with Gasteiger partial charge in [0.05, 0.1) is 23.9 Å². The van der Waals surface area contributed by atoms with Gasteiger partial charge >= 0.3 is 11.9 Å². The van der Waals surface area contributed by atoms with Crippen molar-refractivity contribution in [2.45, 2.75) is 43.7 Å². The topological polar surface area (TPSA) is 127 Å². The van der Waals surface area contributed by atoms with Crippen LogP contribution in [0.25, 0.3) is 11.1 Å². The van der Waals surface area contributed by atoms with E-state index in [4.69, 9.17) is 9.84 Å². The summed E-state index contributed by atoms with van der Waals surface area (Å²) in [6.45, 7) is -0.666. The van der Waals surface area contributed by atoms with Crippen molar-refractivity contribution in [2.75, 3.05) is 6.61 Å². The highest BCUT2D eigenvalue weighted by Gasteiger charge is 2.43. The number of ether oxygens (including phenoxy) is 1. The molecule has 35 heavy (non-hydrogen) atoms. The molecule has 4 atom stereocenters. The van der Waals surface area contributed by atoms with E-state index in [1.54, 1.807) is 0 Å². The number of benzene rings is 1. The average Bonchev–Trinajstić information content (AvgIpc) is 3.10. The van der Waals surface area contributed by atoms with Crippen LogP contribution in [0.15, 0.2) is 64.4 Å². The van der Waals surface area contributed by atoms with Crippen molar-refractivity contribution in [3.63, 3.8) is 0 Å². The summed E-state index contributed by atoms with van der Waals surface area (Å²) in [6, 6.07) is 8.84. The zero-order valence-corrected chi connectivity index (χ0v) is 18.2. The summed E-state index contributed by atoms with van der Waals surface area (Å²) in [5.41, 5.74) is -2.12. The van der Waals surface area contributed by atoms with Gasteiger partial charge in [0.1, 0.15) is 12.2 Å². The average molecular weight is 493 g/mol. The van der Waals surface area contributed by atoms with E-state index in [1.807, 2.05) is 0 Å². The summed E-state index contributed by atoms with van der Waals surface area (Å²) in [7, 11) is 0. The standard InChI is InChI=1S/C23H22F3N3O6/c24-23(25,26)16-4-2-1-3-15(16)13-5-8-27-14(11-13)12-29-18(31)6-9-28(22(29)34)21-20(33)19(32)17(35-21)7-10-30/h1-6,8-9,11,17,19-21,30,32-33H,7,10,12H2. The van der Waals surface area contributed by atoms with Crippen LogP contribution < -0.4 is 11.2 Å². The quantitative estimate of drug-likeness (QED) is 0.470. The molecule has 0 aliphatic carbocycles. The van der Waals surface area contributed by atoms with Crippen LogP contribution in [0.3, 0.4) is 0 Å². The van der Waals surface area contributed by atoms with Crippen molar-refractivity contribution < 1.29 is 33.2 Å². The Kier molecular flexibility index (Phi) is 6.90. The Labute approximate surface area is 196 Å². The van der Waals surface area contributed by atoms with Gasteiger partial charge in [-0.1, -0.05) is 18.2 Å². The summed E-state index contributed by atoms with van der Waals surface area (Å²) in [5, 5.41) is 29.6. The van der Waals surface area contributed by atoms with Crippen molar-refractivity contribution in [1.29, 1.82) is 0 Å². The largest absolute Gasteiger partial charge is 0.417 e. The maximum atomic E-state index is 13.4. The normalized spacial score (nSPS) is 22.5. The molecule has 4 rings (SSSR count). The van der Waals surface area contributed by atoms with Crippen LogP contribution in [0.2, 0.25) is 0 Å². The summed E-state index contributed by atoms with van der Waals surface area (Å²) in [4.78, 5) is 29.6.